The maximum Gasteiger partial charge on any atom is 0.0195 e. The SMILES string of the molecule is CC(C)N(C)CCCNC1CCCN(C)C1. The molecule has 0 saturated carbocycles. The van der Waals surface area contributed by atoms with Gasteiger partial charge in [0.25, 0.3) is 0 Å². The van der Waals surface area contributed by atoms with Crippen LogP contribution in [0.15, 0.2) is 0 Å². The fraction of sp³-hybridized carbons (Fsp3) is 1.00. The minimum atomic E-state index is 0.667. The van der Waals surface area contributed by atoms with Crippen LogP contribution in [0.4, 0.5) is 0 Å². The fourth-order valence-corrected chi connectivity index (χ4v) is 2.23. The number of piperidine rings is 1. The Morgan fingerprint density at radius 2 is 2.19 bits per heavy atom. The van der Waals surface area contributed by atoms with Crippen molar-refractivity contribution in [3.63, 3.8) is 0 Å². The lowest BCUT2D eigenvalue weighted by Gasteiger charge is -2.30. The Morgan fingerprint density at radius 3 is 2.81 bits per heavy atom. The van der Waals surface area contributed by atoms with E-state index in [1.807, 2.05) is 0 Å². The predicted molar refractivity (Wildman–Crippen MR) is 70.9 cm³/mol. The van der Waals surface area contributed by atoms with Crippen molar-refractivity contribution in [2.45, 2.75) is 45.2 Å². The van der Waals surface area contributed by atoms with Gasteiger partial charge >= 0.3 is 0 Å². The number of nitrogens with zero attached hydrogens (tertiary/aromatic N) is 2. The molecular weight excluding hydrogens is 198 g/mol. The highest BCUT2D eigenvalue weighted by Crippen LogP contribution is 2.07. The first-order valence-corrected chi connectivity index (χ1v) is 6.71. The first kappa shape index (κ1) is 13.9. The number of rotatable bonds is 6. The lowest BCUT2D eigenvalue weighted by molar-refractivity contribution is 0.221. The molecule has 0 amide bonds. The molecule has 1 N–H and O–H groups in total. The second kappa shape index (κ2) is 7.25. The smallest absolute Gasteiger partial charge is 0.0195 e. The molecule has 1 rings (SSSR count). The van der Waals surface area contributed by atoms with Crippen molar-refractivity contribution in [2.24, 2.45) is 0 Å². The predicted octanol–water partition coefficient (Wildman–Crippen LogP) is 1.40. The monoisotopic (exact) mass is 227 g/mol. The van der Waals surface area contributed by atoms with Gasteiger partial charge in [0.05, 0.1) is 0 Å². The Kier molecular flexibility index (Phi) is 6.32. The number of hydrogen-bond acceptors (Lipinski definition) is 3. The van der Waals surface area contributed by atoms with E-state index in [0.29, 0.717) is 6.04 Å². The minimum absolute atomic E-state index is 0.667. The first-order chi connectivity index (χ1) is 7.59. The normalized spacial score (nSPS) is 23.2. The third kappa shape index (κ3) is 5.28. The Balaban J connectivity index is 2.02. The molecule has 1 unspecified atom stereocenters. The lowest BCUT2D eigenvalue weighted by atomic mass is 10.1. The van der Waals surface area contributed by atoms with E-state index < -0.39 is 0 Å². The summed E-state index contributed by atoms with van der Waals surface area (Å²) >= 11 is 0. The van der Waals surface area contributed by atoms with Crippen molar-refractivity contribution in [2.75, 3.05) is 40.3 Å². The highest BCUT2D eigenvalue weighted by Gasteiger charge is 2.15. The minimum Gasteiger partial charge on any atom is -0.313 e. The number of likely N-dealkylation sites (tertiary alicyclic amines) is 1. The van der Waals surface area contributed by atoms with E-state index in [1.54, 1.807) is 0 Å². The van der Waals surface area contributed by atoms with Crippen molar-refractivity contribution in [1.82, 2.24) is 15.1 Å². The molecule has 16 heavy (non-hydrogen) atoms. The second-order valence-corrected chi connectivity index (χ2v) is 5.48. The van der Waals surface area contributed by atoms with Gasteiger partial charge in [-0.3, -0.25) is 0 Å². The van der Waals surface area contributed by atoms with E-state index in [2.05, 4.69) is 43.1 Å². The summed E-state index contributed by atoms with van der Waals surface area (Å²) in [6.45, 7) is 9.37. The van der Waals surface area contributed by atoms with Gasteiger partial charge in [0.1, 0.15) is 0 Å². The van der Waals surface area contributed by atoms with Crippen molar-refractivity contribution >= 4 is 0 Å². The topological polar surface area (TPSA) is 18.5 Å². The van der Waals surface area contributed by atoms with Crippen LogP contribution in [-0.4, -0.2) is 62.2 Å². The third-order valence-corrected chi connectivity index (χ3v) is 3.63. The van der Waals surface area contributed by atoms with Crippen molar-refractivity contribution in [3.8, 4) is 0 Å². The molecule has 1 aliphatic rings. The molecule has 1 aliphatic heterocycles. The van der Waals surface area contributed by atoms with Crippen LogP contribution in [0, 0.1) is 0 Å². The lowest BCUT2D eigenvalue weighted by Crippen LogP contribution is -2.44. The Hall–Kier alpha value is -0.120. The summed E-state index contributed by atoms with van der Waals surface area (Å²) in [4.78, 5) is 4.84. The number of hydrogen-bond donors (Lipinski definition) is 1. The molecule has 1 saturated heterocycles. The van der Waals surface area contributed by atoms with Crippen LogP contribution >= 0.6 is 0 Å². The van der Waals surface area contributed by atoms with Crippen molar-refractivity contribution in [1.29, 1.82) is 0 Å². The maximum absolute atomic E-state index is 3.68. The molecule has 0 aromatic carbocycles. The fourth-order valence-electron chi connectivity index (χ4n) is 2.23. The van der Waals surface area contributed by atoms with E-state index in [-0.39, 0.29) is 0 Å². The summed E-state index contributed by atoms with van der Waals surface area (Å²) in [5.74, 6) is 0. The highest BCUT2D eigenvalue weighted by molar-refractivity contribution is 4.76. The van der Waals surface area contributed by atoms with Gasteiger partial charge in [0.15, 0.2) is 0 Å². The molecular formula is C13H29N3. The summed E-state index contributed by atoms with van der Waals surface area (Å²) < 4.78 is 0. The van der Waals surface area contributed by atoms with Crippen LogP contribution in [0.3, 0.4) is 0 Å². The van der Waals surface area contributed by atoms with Gasteiger partial charge in [-0.2, -0.15) is 0 Å². The Morgan fingerprint density at radius 1 is 1.44 bits per heavy atom. The van der Waals surface area contributed by atoms with Gasteiger partial charge in [-0.1, -0.05) is 0 Å². The van der Waals surface area contributed by atoms with Gasteiger partial charge in [-0.05, 0) is 66.8 Å². The molecule has 3 nitrogen and oxygen atoms in total. The van der Waals surface area contributed by atoms with E-state index in [1.165, 1.54) is 38.9 Å². The highest BCUT2D eigenvalue weighted by atomic mass is 15.1. The average Bonchev–Trinajstić information content (AvgIpc) is 2.24. The zero-order valence-electron chi connectivity index (χ0n) is 11.5. The molecule has 96 valence electrons. The van der Waals surface area contributed by atoms with E-state index >= 15 is 0 Å². The van der Waals surface area contributed by atoms with E-state index in [9.17, 15) is 0 Å². The van der Waals surface area contributed by atoms with Crippen LogP contribution in [0.2, 0.25) is 0 Å². The van der Waals surface area contributed by atoms with Gasteiger partial charge < -0.3 is 15.1 Å². The molecule has 3 heteroatoms. The van der Waals surface area contributed by atoms with Crippen LogP contribution in [-0.2, 0) is 0 Å². The quantitative estimate of drug-likeness (QED) is 0.692. The second-order valence-electron chi connectivity index (χ2n) is 5.48. The molecule has 1 atom stereocenters. The zero-order chi connectivity index (χ0) is 12.0. The first-order valence-electron chi connectivity index (χ1n) is 6.71. The summed E-state index contributed by atoms with van der Waals surface area (Å²) in [6.07, 6.45) is 3.96. The molecule has 0 bridgehead atoms. The van der Waals surface area contributed by atoms with Crippen LogP contribution < -0.4 is 5.32 Å². The molecule has 0 spiro atoms. The molecule has 1 fully saturated rings. The van der Waals surface area contributed by atoms with E-state index in [4.69, 9.17) is 0 Å². The standard InChI is InChI=1S/C13H29N3/c1-12(2)16(4)10-6-8-14-13-7-5-9-15(3)11-13/h12-14H,5-11H2,1-4H3. The Bertz CT molecular complexity index is 182. The van der Waals surface area contributed by atoms with Crippen LogP contribution in [0.5, 0.6) is 0 Å². The van der Waals surface area contributed by atoms with Crippen LogP contribution in [0.1, 0.15) is 33.1 Å². The molecule has 1 heterocycles. The molecule has 0 aromatic heterocycles. The number of likely N-dealkylation sites (N-methyl/N-ethyl adjacent to an activating group) is 1. The molecule has 0 aromatic rings. The van der Waals surface area contributed by atoms with Crippen LogP contribution in [0.25, 0.3) is 0 Å². The molecule has 0 radical (unpaired) electrons. The Labute approximate surface area is 101 Å². The summed E-state index contributed by atoms with van der Waals surface area (Å²) in [6, 6.07) is 1.39. The molecule has 0 aliphatic carbocycles. The maximum atomic E-state index is 3.68. The summed E-state index contributed by atoms with van der Waals surface area (Å²) in [5.41, 5.74) is 0. The third-order valence-electron chi connectivity index (χ3n) is 3.63. The summed E-state index contributed by atoms with van der Waals surface area (Å²) in [5, 5.41) is 3.68. The zero-order valence-corrected chi connectivity index (χ0v) is 11.5. The van der Waals surface area contributed by atoms with E-state index in [0.717, 1.165) is 12.6 Å². The van der Waals surface area contributed by atoms with Gasteiger partial charge in [-0.15, -0.1) is 0 Å². The number of nitrogens with one attached hydrogen (secondary N) is 1. The van der Waals surface area contributed by atoms with Gasteiger partial charge in [0.2, 0.25) is 0 Å². The summed E-state index contributed by atoms with van der Waals surface area (Å²) in [7, 11) is 4.43. The largest absolute Gasteiger partial charge is 0.313 e. The average molecular weight is 227 g/mol. The van der Waals surface area contributed by atoms with Gasteiger partial charge in [0, 0.05) is 18.6 Å². The van der Waals surface area contributed by atoms with Gasteiger partial charge in [-0.25, -0.2) is 0 Å². The van der Waals surface area contributed by atoms with Crippen molar-refractivity contribution in [3.05, 3.63) is 0 Å². The van der Waals surface area contributed by atoms with Crippen molar-refractivity contribution < 1.29 is 0 Å².